The molecular weight excluding hydrogens is 714 g/mol. The third-order valence-corrected chi connectivity index (χ3v) is 10.5. The van der Waals surface area contributed by atoms with Gasteiger partial charge in [0, 0.05) is 56.2 Å². The zero-order valence-corrected chi connectivity index (χ0v) is 29.2. The zero-order chi connectivity index (χ0) is 38.0. The number of sulfonamides is 1. The number of carbonyl (C=O) groups is 4. The van der Waals surface area contributed by atoms with E-state index in [1.807, 2.05) is 11.6 Å². The van der Waals surface area contributed by atoms with Crippen molar-refractivity contribution in [1.29, 1.82) is 0 Å². The minimum Gasteiger partial charge on any atom is -0.480 e. The summed E-state index contributed by atoms with van der Waals surface area (Å²) < 4.78 is 58.3. The number of piperidine rings is 1. The summed E-state index contributed by atoms with van der Waals surface area (Å²) in [6.07, 6.45) is 5.24. The van der Waals surface area contributed by atoms with Crippen LogP contribution >= 0.6 is 0 Å². The lowest BCUT2D eigenvalue weighted by Crippen LogP contribution is -2.65. The Balaban J connectivity index is 1.12. The van der Waals surface area contributed by atoms with Crippen molar-refractivity contribution >= 4 is 45.2 Å². The van der Waals surface area contributed by atoms with Crippen LogP contribution in [0.4, 0.5) is 25.0 Å². The van der Waals surface area contributed by atoms with Crippen LogP contribution in [-0.2, 0) is 32.5 Å². The number of fused-ring (bicyclic) bond motifs is 1. The number of likely N-dealkylation sites (N-methyl/N-ethyl adjacent to an activating group) is 1. The van der Waals surface area contributed by atoms with Crippen molar-refractivity contribution in [3.63, 3.8) is 0 Å². The van der Waals surface area contributed by atoms with Crippen molar-refractivity contribution in [2.45, 2.75) is 43.2 Å². The lowest BCUT2D eigenvalue weighted by molar-refractivity contribution is -0.139. The number of hydrogen-bond donors (Lipinski definition) is 4. The maximum atomic E-state index is 15.1. The fraction of sp³-hybridized carbons (Fsp3) is 0.286. The maximum absolute atomic E-state index is 15.1. The highest BCUT2D eigenvalue weighted by molar-refractivity contribution is 7.92. The predicted octanol–water partition coefficient (Wildman–Crippen LogP) is 2.98. The molecule has 2 unspecified atom stereocenters. The summed E-state index contributed by atoms with van der Waals surface area (Å²) in [5, 5.41) is 15.1. The van der Waals surface area contributed by atoms with Gasteiger partial charge in [-0.15, -0.1) is 0 Å². The van der Waals surface area contributed by atoms with E-state index < -0.39 is 69.2 Å². The molecule has 2 aromatic heterocycles. The molecule has 2 aliphatic heterocycles. The number of urea groups is 1. The molecule has 15 nitrogen and oxygen atoms in total. The summed E-state index contributed by atoms with van der Waals surface area (Å²) in [5.41, 5.74) is -0.0472. The van der Waals surface area contributed by atoms with Gasteiger partial charge in [0.2, 0.25) is 5.91 Å². The van der Waals surface area contributed by atoms with Crippen LogP contribution in [-0.4, -0.2) is 89.4 Å². The van der Waals surface area contributed by atoms with Gasteiger partial charge in [-0.3, -0.25) is 19.3 Å². The van der Waals surface area contributed by atoms with Crippen molar-refractivity contribution in [3.8, 4) is 11.1 Å². The topological polar surface area (TPSA) is 204 Å². The first-order valence-electron chi connectivity index (χ1n) is 16.5. The first kappa shape index (κ1) is 36.9. The minimum atomic E-state index is -4.40. The van der Waals surface area contributed by atoms with Crippen molar-refractivity contribution in [2.24, 2.45) is 5.92 Å². The van der Waals surface area contributed by atoms with Gasteiger partial charge in [-0.05, 0) is 48.9 Å². The molecule has 0 aliphatic carbocycles. The normalized spacial score (nSPS) is 18.0. The summed E-state index contributed by atoms with van der Waals surface area (Å²) >= 11 is 0. The van der Waals surface area contributed by atoms with Crippen LogP contribution in [0.3, 0.4) is 0 Å². The van der Waals surface area contributed by atoms with Crippen molar-refractivity contribution in [2.75, 3.05) is 29.8 Å². The van der Waals surface area contributed by atoms with Gasteiger partial charge in [0.05, 0.1) is 40.0 Å². The Hall–Kier alpha value is -5.88. The van der Waals surface area contributed by atoms with Gasteiger partial charge in [0.1, 0.15) is 23.5 Å². The number of imide groups is 1. The molecule has 4 amide bonds. The summed E-state index contributed by atoms with van der Waals surface area (Å²) in [4.78, 5) is 66.1. The monoisotopic (exact) mass is 748 g/mol. The summed E-state index contributed by atoms with van der Waals surface area (Å²) in [7, 11) is -2.79. The molecule has 4 aromatic rings. The lowest BCUT2D eigenvalue weighted by Gasteiger charge is -2.45. The largest absolute Gasteiger partial charge is 0.480 e. The number of benzene rings is 2. The smallest absolute Gasteiger partial charge is 0.331 e. The molecule has 2 saturated heterocycles. The number of anilines is 2. The number of nitrogens with zero attached hydrogens (tertiary/aromatic N) is 5. The molecule has 4 N–H and O–H groups in total. The molecule has 18 heteroatoms. The van der Waals surface area contributed by atoms with E-state index in [2.05, 4.69) is 25.6 Å². The van der Waals surface area contributed by atoms with Crippen molar-refractivity contribution < 1.29 is 41.5 Å². The summed E-state index contributed by atoms with van der Waals surface area (Å²) in [6, 6.07) is 6.83. The van der Waals surface area contributed by atoms with Gasteiger partial charge in [-0.25, -0.2) is 41.7 Å². The summed E-state index contributed by atoms with van der Waals surface area (Å²) in [5.74, 6) is -5.52. The standard InChI is InChI=1S/C35H34F2N8O7S/c1-3-31-40-15-20(16-41-31)19-4-8-23(9-5-19)53(51,52)43-28-14-26(36)25(13-27(28)37)32(46)42-29(34(48)49)12-21-6-7-22(17-39-21)45-33(47)24-10-11-38-18-30(24)44(2)35(45)50/h4-9,13-17,24,29-30,38,43H,3,10-12,18H2,1-2H3,(H,42,46)(H,48,49)/t24?,29-,30?/m0/s1. The maximum Gasteiger partial charge on any atom is 0.331 e. The number of aryl methyl sites for hydroxylation is 1. The fourth-order valence-electron chi connectivity index (χ4n) is 6.17. The SMILES string of the molecule is CCc1ncc(-c2ccc(S(=O)(=O)Nc3cc(F)c(C(=O)N[C@@H](Cc4ccc(N5C(=O)C6CCNCC6N(C)C5=O)cn4)C(=O)O)cc3F)cc2)cn1. The van der Waals surface area contributed by atoms with E-state index in [1.54, 1.807) is 19.4 Å². The predicted molar refractivity (Wildman–Crippen MR) is 186 cm³/mol. The molecule has 53 heavy (non-hydrogen) atoms. The third kappa shape index (κ3) is 7.68. The van der Waals surface area contributed by atoms with Crippen LogP contribution in [0.25, 0.3) is 11.1 Å². The average molecular weight is 749 g/mol. The Morgan fingerprint density at radius 2 is 1.72 bits per heavy atom. The Bertz CT molecular complexity index is 2170. The van der Waals surface area contributed by atoms with Crippen LogP contribution in [0.15, 0.2) is 72.0 Å². The van der Waals surface area contributed by atoms with E-state index in [-0.39, 0.29) is 28.2 Å². The first-order valence-corrected chi connectivity index (χ1v) is 18.0. The van der Waals surface area contributed by atoms with Gasteiger partial charge in [0.15, 0.2) is 0 Å². The molecule has 4 heterocycles. The van der Waals surface area contributed by atoms with Gasteiger partial charge in [-0.1, -0.05) is 19.1 Å². The Kier molecular flexibility index (Phi) is 10.4. The van der Waals surface area contributed by atoms with Crippen molar-refractivity contribution in [3.05, 3.63) is 95.8 Å². The Morgan fingerprint density at radius 1 is 1.00 bits per heavy atom. The molecule has 0 bridgehead atoms. The fourth-order valence-corrected chi connectivity index (χ4v) is 7.22. The molecule has 0 saturated carbocycles. The van der Waals surface area contributed by atoms with Gasteiger partial charge in [0.25, 0.3) is 15.9 Å². The highest BCUT2D eigenvalue weighted by Crippen LogP contribution is 2.30. The second-order valence-electron chi connectivity index (χ2n) is 12.5. The Labute approximate surface area is 302 Å². The second-order valence-corrected chi connectivity index (χ2v) is 14.2. The quantitative estimate of drug-likeness (QED) is 0.176. The van der Waals surface area contributed by atoms with Crippen LogP contribution in [0.2, 0.25) is 0 Å². The molecule has 276 valence electrons. The van der Waals surface area contributed by atoms with Crippen LogP contribution in [0.1, 0.15) is 35.2 Å². The number of aromatic nitrogens is 3. The number of halogens is 2. The Morgan fingerprint density at radius 3 is 2.36 bits per heavy atom. The van der Waals surface area contributed by atoms with Gasteiger partial charge in [-0.2, -0.15) is 0 Å². The number of carbonyl (C=O) groups excluding carboxylic acids is 3. The van der Waals surface area contributed by atoms with Crippen LogP contribution in [0.5, 0.6) is 0 Å². The summed E-state index contributed by atoms with van der Waals surface area (Å²) in [6.45, 7) is 3.03. The molecule has 2 aromatic carbocycles. The molecule has 3 atom stereocenters. The number of rotatable bonds is 11. The highest BCUT2D eigenvalue weighted by Gasteiger charge is 2.46. The average Bonchev–Trinajstić information content (AvgIpc) is 3.15. The van der Waals surface area contributed by atoms with E-state index in [0.29, 0.717) is 55.0 Å². The number of carboxylic acid groups (broad SMARTS) is 1. The number of aliphatic carboxylic acids is 1. The third-order valence-electron chi connectivity index (χ3n) is 9.13. The number of hydrogen-bond acceptors (Lipinski definition) is 10. The molecular formula is C35H34F2N8O7S. The number of pyridine rings is 1. The van der Waals surface area contributed by atoms with E-state index in [4.69, 9.17) is 0 Å². The lowest BCUT2D eigenvalue weighted by atomic mass is 9.88. The second kappa shape index (κ2) is 15.0. The highest BCUT2D eigenvalue weighted by atomic mass is 32.2. The molecule has 0 radical (unpaired) electrons. The molecule has 6 rings (SSSR count). The van der Waals surface area contributed by atoms with Crippen LogP contribution < -0.4 is 20.3 Å². The van der Waals surface area contributed by atoms with E-state index in [0.717, 1.165) is 4.90 Å². The zero-order valence-electron chi connectivity index (χ0n) is 28.4. The van der Waals surface area contributed by atoms with Crippen molar-refractivity contribution in [1.82, 2.24) is 30.5 Å². The molecule has 2 fully saturated rings. The van der Waals surface area contributed by atoms with Crippen LogP contribution in [0, 0.1) is 17.6 Å². The van der Waals surface area contributed by atoms with E-state index in [9.17, 15) is 32.7 Å². The number of amides is 4. The van der Waals surface area contributed by atoms with E-state index >= 15 is 8.78 Å². The molecule has 2 aliphatic rings. The van der Waals surface area contributed by atoms with Gasteiger partial charge >= 0.3 is 12.0 Å². The first-order chi connectivity index (χ1) is 25.3. The number of carboxylic acids is 1. The van der Waals surface area contributed by atoms with E-state index in [1.165, 1.54) is 47.5 Å². The van der Waals surface area contributed by atoms with Gasteiger partial charge < -0.3 is 20.6 Å². The number of nitrogens with one attached hydrogen (secondary N) is 3. The minimum absolute atomic E-state index is 0.152. The molecule has 0 spiro atoms.